The molecule has 0 aliphatic carbocycles. The Morgan fingerprint density at radius 3 is 1.68 bits per heavy atom. The maximum atomic E-state index is 13.0. The lowest BCUT2D eigenvalue weighted by Crippen LogP contribution is -2.12. The number of halogens is 3. The summed E-state index contributed by atoms with van der Waals surface area (Å²) in [7, 11) is 0. The van der Waals surface area contributed by atoms with E-state index in [9.17, 15) is 13.6 Å². The first-order valence-corrected chi connectivity index (χ1v) is 13.2. The molecule has 5 aromatic rings. The average Bonchev–Trinajstić information content (AvgIpc) is 3.45. The van der Waals surface area contributed by atoms with Crippen molar-refractivity contribution in [2.45, 2.75) is 13.8 Å². The van der Waals surface area contributed by atoms with Crippen LogP contribution in [0.1, 0.15) is 40.6 Å². The van der Waals surface area contributed by atoms with E-state index >= 15 is 0 Å². The van der Waals surface area contributed by atoms with Crippen molar-refractivity contribution in [1.82, 2.24) is 10.1 Å². The number of hydrogen-bond acceptors (Lipinski definition) is 6. The Kier molecular flexibility index (Phi) is 12.4. The first-order chi connectivity index (χ1) is 21.1. The molecule has 0 bridgehead atoms. The van der Waals surface area contributed by atoms with Crippen LogP contribution in [0.3, 0.4) is 0 Å². The van der Waals surface area contributed by atoms with Gasteiger partial charge in [-0.1, -0.05) is 46.1 Å². The van der Waals surface area contributed by atoms with Gasteiger partial charge in [-0.05, 0) is 96.5 Å². The maximum Gasteiger partial charge on any atom is 0.223 e. The van der Waals surface area contributed by atoms with Gasteiger partial charge in [-0.2, -0.15) is 4.98 Å². The summed E-state index contributed by atoms with van der Waals surface area (Å²) in [5.41, 5.74) is 9.78. The van der Waals surface area contributed by atoms with Crippen LogP contribution in [0, 0.1) is 42.2 Å². The highest BCUT2D eigenvalue weighted by atomic mass is 35.5. The van der Waals surface area contributed by atoms with Gasteiger partial charge in [-0.25, -0.2) is 8.78 Å². The summed E-state index contributed by atoms with van der Waals surface area (Å²) in [6, 6.07) is 26.7. The third-order valence-electron chi connectivity index (χ3n) is 5.31. The maximum absolute atomic E-state index is 13.0. The van der Waals surface area contributed by atoms with Crippen LogP contribution < -0.4 is 5.73 Å². The normalized spacial score (nSPS) is 9.98. The first-order valence-electron chi connectivity index (χ1n) is 12.8. The molecule has 0 saturated carbocycles. The second-order valence-corrected chi connectivity index (χ2v) is 9.30. The summed E-state index contributed by atoms with van der Waals surface area (Å²) in [5.74, 6) is 12.2. The molecule has 5 rings (SSSR count). The Balaban J connectivity index is 0.000000216. The Bertz CT molecular complexity index is 1860. The molecule has 44 heavy (non-hydrogen) atoms. The van der Waals surface area contributed by atoms with Crippen LogP contribution in [0.25, 0.3) is 11.4 Å². The van der Waals surface area contributed by atoms with Gasteiger partial charge in [0.1, 0.15) is 11.6 Å². The number of carbonyl (C=O) groups is 1. The van der Waals surface area contributed by atoms with E-state index in [0.717, 1.165) is 16.7 Å². The largest absolute Gasteiger partial charge is 0.409 e. The van der Waals surface area contributed by atoms with Crippen LogP contribution in [-0.2, 0) is 4.79 Å². The molecule has 0 unspecified atom stereocenters. The minimum absolute atomic E-state index is 0.0460. The molecule has 220 valence electrons. The Morgan fingerprint density at radius 2 is 1.27 bits per heavy atom. The topological polar surface area (TPSA) is 115 Å². The zero-order chi connectivity index (χ0) is 31.9. The standard InChI is InChI=1S/C17H11FN2O.C15H11FN2O.C2H3ClO/c1-12-19-17(20-21-12)15-9-7-13(8-10-15)5-6-14-3-2-4-16(18)11-14;16-14-3-1-2-12(10-14)5-4-11-6-8-13(9-7-11)15(17)18-19;1-2(3)4/h2-4,7-11H,1H3;1-3,6-10,19H,(H2,17,18);1H3. The Morgan fingerprint density at radius 1 is 0.818 bits per heavy atom. The van der Waals surface area contributed by atoms with E-state index in [-0.39, 0.29) is 22.7 Å². The van der Waals surface area contributed by atoms with Crippen molar-refractivity contribution in [3.8, 4) is 35.1 Å². The Labute approximate surface area is 258 Å². The van der Waals surface area contributed by atoms with E-state index < -0.39 is 0 Å². The molecule has 0 aliphatic rings. The van der Waals surface area contributed by atoms with E-state index in [1.165, 1.54) is 31.2 Å². The Hall–Kier alpha value is -5.77. The molecule has 0 fully saturated rings. The van der Waals surface area contributed by atoms with Crippen molar-refractivity contribution in [2.24, 2.45) is 10.9 Å². The van der Waals surface area contributed by atoms with Gasteiger partial charge in [0.25, 0.3) is 0 Å². The summed E-state index contributed by atoms with van der Waals surface area (Å²) < 4.78 is 30.9. The first kappa shape index (κ1) is 32.7. The fourth-order valence-corrected chi connectivity index (χ4v) is 3.32. The SMILES string of the molecule is CC(=O)Cl.Cc1nc(-c2ccc(C#Cc3cccc(F)c3)cc2)no1.N/C(=N\O)c1ccc(C#Cc2cccc(F)c2)cc1. The third-order valence-corrected chi connectivity index (χ3v) is 5.31. The van der Waals surface area contributed by atoms with E-state index in [1.807, 2.05) is 24.3 Å². The zero-order valence-corrected chi connectivity index (χ0v) is 24.3. The molecule has 0 amide bonds. The predicted molar refractivity (Wildman–Crippen MR) is 165 cm³/mol. The second-order valence-electron chi connectivity index (χ2n) is 8.77. The molecule has 7 nitrogen and oxygen atoms in total. The molecular weight excluding hydrogens is 586 g/mol. The molecule has 0 atom stereocenters. The summed E-state index contributed by atoms with van der Waals surface area (Å²) in [5, 5.41) is 14.9. The van der Waals surface area contributed by atoms with Crippen LogP contribution in [0.2, 0.25) is 0 Å². The highest BCUT2D eigenvalue weighted by Crippen LogP contribution is 2.16. The van der Waals surface area contributed by atoms with Gasteiger partial charge < -0.3 is 15.5 Å². The predicted octanol–water partition coefficient (Wildman–Crippen LogP) is 6.68. The number of nitrogens with two attached hydrogens (primary N) is 1. The van der Waals surface area contributed by atoms with Crippen LogP contribution >= 0.6 is 11.6 Å². The van der Waals surface area contributed by atoms with Crippen molar-refractivity contribution < 1.29 is 23.3 Å². The molecule has 1 heterocycles. The van der Waals surface area contributed by atoms with Gasteiger partial charge in [-0.3, -0.25) is 4.79 Å². The van der Waals surface area contributed by atoms with Gasteiger partial charge in [0.2, 0.25) is 17.0 Å². The van der Waals surface area contributed by atoms with E-state index in [2.05, 4.69) is 50.6 Å². The molecule has 4 aromatic carbocycles. The number of amidine groups is 1. The van der Waals surface area contributed by atoms with Crippen molar-refractivity contribution >= 4 is 22.7 Å². The van der Waals surface area contributed by atoms with Gasteiger partial charge >= 0.3 is 0 Å². The van der Waals surface area contributed by atoms with E-state index in [0.29, 0.717) is 28.4 Å². The number of nitrogens with zero attached hydrogens (tertiary/aromatic N) is 3. The van der Waals surface area contributed by atoms with Crippen molar-refractivity contribution in [3.05, 3.63) is 142 Å². The van der Waals surface area contributed by atoms with Crippen molar-refractivity contribution in [1.29, 1.82) is 0 Å². The van der Waals surface area contributed by atoms with Gasteiger partial charge in [0.15, 0.2) is 5.84 Å². The molecule has 0 aliphatic heterocycles. The lowest BCUT2D eigenvalue weighted by molar-refractivity contribution is -0.109. The lowest BCUT2D eigenvalue weighted by atomic mass is 10.1. The van der Waals surface area contributed by atoms with Gasteiger partial charge in [-0.15, -0.1) is 0 Å². The number of carbonyl (C=O) groups excluding carboxylic acids is 1. The zero-order valence-electron chi connectivity index (χ0n) is 23.6. The molecule has 0 spiro atoms. The summed E-state index contributed by atoms with van der Waals surface area (Å²) >= 11 is 4.64. The second kappa shape index (κ2) is 16.6. The summed E-state index contributed by atoms with van der Waals surface area (Å²) in [4.78, 5) is 13.4. The fraction of sp³-hybridized carbons (Fsp3) is 0.0588. The minimum atomic E-state index is -0.361. The number of benzene rings is 4. The highest BCUT2D eigenvalue weighted by Gasteiger charge is 2.04. The monoisotopic (exact) mass is 610 g/mol. The fourth-order valence-electron chi connectivity index (χ4n) is 3.32. The lowest BCUT2D eigenvalue weighted by Gasteiger charge is -1.97. The summed E-state index contributed by atoms with van der Waals surface area (Å²) in [6.45, 7) is 3.04. The molecule has 0 saturated heterocycles. The quantitative estimate of drug-likeness (QED) is 0.0576. The van der Waals surface area contributed by atoms with Crippen LogP contribution in [0.5, 0.6) is 0 Å². The highest BCUT2D eigenvalue weighted by molar-refractivity contribution is 6.62. The minimum Gasteiger partial charge on any atom is -0.409 e. The van der Waals surface area contributed by atoms with Crippen LogP contribution in [-0.4, -0.2) is 26.4 Å². The number of rotatable bonds is 2. The average molecular weight is 611 g/mol. The summed E-state index contributed by atoms with van der Waals surface area (Å²) in [6.07, 6.45) is 0. The van der Waals surface area contributed by atoms with E-state index in [1.54, 1.807) is 55.5 Å². The van der Waals surface area contributed by atoms with E-state index in [4.69, 9.17) is 15.5 Å². The molecule has 0 radical (unpaired) electrons. The molecular formula is C34H25ClF2N4O3. The number of hydrogen-bond donors (Lipinski definition) is 2. The molecule has 1 aromatic heterocycles. The number of aromatic nitrogens is 2. The molecule has 3 N–H and O–H groups in total. The number of aryl methyl sites for hydroxylation is 1. The van der Waals surface area contributed by atoms with Crippen molar-refractivity contribution in [3.63, 3.8) is 0 Å². The van der Waals surface area contributed by atoms with Crippen LogP contribution in [0.15, 0.2) is 107 Å². The van der Waals surface area contributed by atoms with Crippen molar-refractivity contribution in [2.75, 3.05) is 0 Å². The number of oxime groups is 1. The smallest absolute Gasteiger partial charge is 0.223 e. The third kappa shape index (κ3) is 11.2. The van der Waals surface area contributed by atoms with Crippen LogP contribution in [0.4, 0.5) is 8.78 Å². The van der Waals surface area contributed by atoms with Gasteiger partial charge in [0, 0.05) is 47.2 Å². The van der Waals surface area contributed by atoms with Gasteiger partial charge in [0.05, 0.1) is 0 Å². The molecule has 10 heteroatoms.